The predicted molar refractivity (Wildman–Crippen MR) is 166 cm³/mol. The van der Waals surface area contributed by atoms with Crippen LogP contribution in [0.5, 0.6) is 0 Å². The molecule has 0 fully saturated rings. The number of hydrogen-bond donors (Lipinski definition) is 1. The molecule has 0 radical (unpaired) electrons. The van der Waals surface area contributed by atoms with Gasteiger partial charge in [-0.2, -0.15) is 0 Å². The highest BCUT2D eigenvalue weighted by Crippen LogP contribution is 2.23. The van der Waals surface area contributed by atoms with Gasteiger partial charge in [0.25, 0.3) is 0 Å². The van der Waals surface area contributed by atoms with Crippen molar-refractivity contribution in [3.05, 3.63) is 101 Å². The lowest BCUT2D eigenvalue weighted by Gasteiger charge is -2.32. The number of benzene rings is 3. The fourth-order valence-corrected chi connectivity index (χ4v) is 5.87. The number of carbonyl (C=O) groups excluding carboxylic acids is 2. The highest BCUT2D eigenvalue weighted by atomic mass is 32.2. The Morgan fingerprint density at radius 1 is 0.829 bits per heavy atom. The lowest BCUT2D eigenvalue weighted by Crippen LogP contribution is -2.51. The minimum absolute atomic E-state index is 0.0850. The molecule has 0 saturated carbocycles. The van der Waals surface area contributed by atoms with Crippen molar-refractivity contribution in [2.75, 3.05) is 17.1 Å². The molecule has 7 nitrogen and oxygen atoms in total. The van der Waals surface area contributed by atoms with E-state index in [1.165, 1.54) is 10.6 Å². The Labute approximate surface area is 245 Å². The minimum atomic E-state index is -3.56. The molecule has 0 aliphatic heterocycles. The maximum atomic E-state index is 13.9. The average molecular weight is 578 g/mol. The van der Waals surface area contributed by atoms with Gasteiger partial charge in [-0.1, -0.05) is 66.2 Å². The van der Waals surface area contributed by atoms with E-state index in [0.717, 1.165) is 27.8 Å². The largest absolute Gasteiger partial charge is 0.352 e. The van der Waals surface area contributed by atoms with Crippen LogP contribution in [0.1, 0.15) is 54.5 Å². The molecular weight excluding hydrogens is 534 g/mol. The fraction of sp³-hybridized carbons (Fsp3) is 0.394. The molecule has 3 aromatic rings. The molecule has 220 valence electrons. The second-order valence-corrected chi connectivity index (χ2v) is 13.1. The summed E-state index contributed by atoms with van der Waals surface area (Å²) in [5.74, 6) is -0.406. The van der Waals surface area contributed by atoms with Gasteiger partial charge in [0.05, 0.1) is 11.9 Å². The number of carbonyl (C=O) groups is 2. The monoisotopic (exact) mass is 577 g/mol. The van der Waals surface area contributed by atoms with E-state index in [2.05, 4.69) is 5.32 Å². The summed E-state index contributed by atoms with van der Waals surface area (Å²) in [5.41, 5.74) is 5.51. The van der Waals surface area contributed by atoms with Crippen molar-refractivity contribution in [3.8, 4) is 0 Å². The molecule has 0 aliphatic carbocycles. The van der Waals surface area contributed by atoms with E-state index in [9.17, 15) is 18.0 Å². The summed E-state index contributed by atoms with van der Waals surface area (Å²) in [4.78, 5) is 29.1. The lowest BCUT2D eigenvalue weighted by atomic mass is 10.0. The molecule has 8 heteroatoms. The zero-order chi connectivity index (χ0) is 30.2. The molecule has 0 heterocycles. The first-order valence-corrected chi connectivity index (χ1v) is 15.9. The Morgan fingerprint density at radius 3 is 2.00 bits per heavy atom. The van der Waals surface area contributed by atoms with Crippen LogP contribution in [0.4, 0.5) is 5.69 Å². The third-order valence-corrected chi connectivity index (χ3v) is 8.02. The summed E-state index contributed by atoms with van der Waals surface area (Å²) in [6, 6.07) is 22.5. The van der Waals surface area contributed by atoms with Crippen molar-refractivity contribution in [2.45, 2.75) is 72.5 Å². The van der Waals surface area contributed by atoms with Crippen LogP contribution in [0.25, 0.3) is 0 Å². The first-order chi connectivity index (χ1) is 19.3. The smallest absolute Gasteiger partial charge is 0.243 e. The molecule has 2 amide bonds. The van der Waals surface area contributed by atoms with Gasteiger partial charge in [0.2, 0.25) is 21.8 Å². The normalized spacial score (nSPS) is 12.2. The zero-order valence-corrected chi connectivity index (χ0v) is 25.9. The van der Waals surface area contributed by atoms with Crippen molar-refractivity contribution < 1.29 is 18.0 Å². The van der Waals surface area contributed by atoms with E-state index in [4.69, 9.17) is 0 Å². The number of hydrogen-bond acceptors (Lipinski definition) is 4. The van der Waals surface area contributed by atoms with Crippen molar-refractivity contribution in [1.29, 1.82) is 0 Å². The third kappa shape index (κ3) is 9.74. The maximum Gasteiger partial charge on any atom is 0.243 e. The number of sulfonamides is 1. The lowest BCUT2D eigenvalue weighted by molar-refractivity contribution is -0.141. The van der Waals surface area contributed by atoms with Crippen LogP contribution in [0, 0.1) is 20.8 Å². The minimum Gasteiger partial charge on any atom is -0.352 e. The molecule has 3 rings (SSSR count). The molecule has 1 atom stereocenters. The highest BCUT2D eigenvalue weighted by Gasteiger charge is 2.31. The third-order valence-electron chi connectivity index (χ3n) is 6.82. The quantitative estimate of drug-likeness (QED) is 0.298. The van der Waals surface area contributed by atoms with Gasteiger partial charge in [-0.05, 0) is 75.4 Å². The summed E-state index contributed by atoms with van der Waals surface area (Å²) in [7, 11) is -3.56. The SMILES string of the molecule is Cc1ccc(CN(C(=O)CCCN(c2cc(C)cc(C)c2)S(C)(=O)=O)C(Cc2ccccc2)C(=O)NC(C)C)cc1. The Morgan fingerprint density at radius 2 is 1.44 bits per heavy atom. The van der Waals surface area contributed by atoms with E-state index in [-0.39, 0.29) is 37.4 Å². The van der Waals surface area contributed by atoms with Gasteiger partial charge in [-0.15, -0.1) is 0 Å². The Balaban J connectivity index is 1.89. The standard InChI is InChI=1S/C33H43N3O4S/c1-24(2)34-33(38)31(22-28-11-8-7-9-12-28)35(23-29-16-14-25(3)15-17-29)32(37)13-10-18-36(41(6,39)40)30-20-26(4)19-27(5)21-30/h7-9,11-12,14-17,19-21,24,31H,10,13,18,22-23H2,1-6H3,(H,34,38). The summed E-state index contributed by atoms with van der Waals surface area (Å²) in [6.07, 6.45) is 1.97. The van der Waals surface area contributed by atoms with Gasteiger partial charge in [-0.3, -0.25) is 13.9 Å². The van der Waals surface area contributed by atoms with Gasteiger partial charge in [0.15, 0.2) is 0 Å². The van der Waals surface area contributed by atoms with Crippen LogP contribution in [0.15, 0.2) is 72.8 Å². The van der Waals surface area contributed by atoms with E-state index in [1.54, 1.807) is 4.90 Å². The summed E-state index contributed by atoms with van der Waals surface area (Å²) < 4.78 is 26.8. The maximum absolute atomic E-state index is 13.9. The van der Waals surface area contributed by atoms with Crippen LogP contribution < -0.4 is 9.62 Å². The second-order valence-electron chi connectivity index (χ2n) is 11.2. The van der Waals surface area contributed by atoms with Gasteiger partial charge in [-0.25, -0.2) is 8.42 Å². The van der Waals surface area contributed by atoms with Gasteiger partial charge < -0.3 is 10.2 Å². The summed E-state index contributed by atoms with van der Waals surface area (Å²) in [6.45, 7) is 10.1. The van der Waals surface area contributed by atoms with Crippen LogP contribution >= 0.6 is 0 Å². The Kier molecular flexibility index (Phi) is 11.1. The van der Waals surface area contributed by atoms with E-state index < -0.39 is 16.1 Å². The zero-order valence-electron chi connectivity index (χ0n) is 25.1. The number of amides is 2. The summed E-state index contributed by atoms with van der Waals surface area (Å²) >= 11 is 0. The number of anilines is 1. The van der Waals surface area contributed by atoms with Crippen molar-refractivity contribution in [1.82, 2.24) is 10.2 Å². The molecule has 0 saturated heterocycles. The molecule has 41 heavy (non-hydrogen) atoms. The van der Waals surface area contributed by atoms with Gasteiger partial charge >= 0.3 is 0 Å². The van der Waals surface area contributed by atoms with Crippen LogP contribution in [-0.4, -0.2) is 50.0 Å². The van der Waals surface area contributed by atoms with Crippen molar-refractivity contribution in [3.63, 3.8) is 0 Å². The molecule has 3 aromatic carbocycles. The van der Waals surface area contributed by atoms with Crippen LogP contribution in [0.3, 0.4) is 0 Å². The second kappa shape index (κ2) is 14.3. The number of nitrogens with zero attached hydrogens (tertiary/aromatic N) is 2. The molecule has 1 unspecified atom stereocenters. The van der Waals surface area contributed by atoms with E-state index in [1.807, 2.05) is 107 Å². The van der Waals surface area contributed by atoms with Crippen LogP contribution in [-0.2, 0) is 32.6 Å². The Hall–Kier alpha value is -3.65. The van der Waals surface area contributed by atoms with Gasteiger partial charge in [0.1, 0.15) is 6.04 Å². The van der Waals surface area contributed by atoms with E-state index in [0.29, 0.717) is 18.5 Å². The summed E-state index contributed by atoms with van der Waals surface area (Å²) in [5, 5.41) is 3.00. The molecule has 0 aliphatic rings. The van der Waals surface area contributed by atoms with E-state index >= 15 is 0 Å². The fourth-order valence-electron chi connectivity index (χ4n) is 4.92. The molecule has 0 aromatic heterocycles. The first kappa shape index (κ1) is 31.9. The molecule has 0 spiro atoms. The first-order valence-electron chi connectivity index (χ1n) is 14.1. The van der Waals surface area contributed by atoms with Crippen molar-refractivity contribution >= 4 is 27.5 Å². The Bertz CT molecular complexity index is 1400. The molecule has 0 bridgehead atoms. The number of rotatable bonds is 13. The van der Waals surface area contributed by atoms with Crippen LogP contribution in [0.2, 0.25) is 0 Å². The molecular formula is C33H43N3O4S. The predicted octanol–water partition coefficient (Wildman–Crippen LogP) is 5.32. The van der Waals surface area contributed by atoms with Crippen molar-refractivity contribution in [2.24, 2.45) is 0 Å². The van der Waals surface area contributed by atoms with Gasteiger partial charge in [0, 0.05) is 32.0 Å². The highest BCUT2D eigenvalue weighted by molar-refractivity contribution is 7.92. The number of nitrogens with one attached hydrogen (secondary N) is 1. The molecule has 1 N–H and O–H groups in total. The topological polar surface area (TPSA) is 86.8 Å². The average Bonchev–Trinajstić information content (AvgIpc) is 2.88. The number of aryl methyl sites for hydroxylation is 3.